The Morgan fingerprint density at radius 1 is 0.742 bits per heavy atom. The van der Waals surface area contributed by atoms with Crippen molar-refractivity contribution in [2.75, 3.05) is 0 Å². The average molecular weight is 419 g/mol. The summed E-state index contributed by atoms with van der Waals surface area (Å²) in [7, 11) is 0. The van der Waals surface area contributed by atoms with Crippen LogP contribution in [-0.2, 0) is 0 Å². The quantitative estimate of drug-likeness (QED) is 0.414. The topological polar surface area (TPSA) is 25.9 Å². The summed E-state index contributed by atoms with van der Waals surface area (Å²) in [6.07, 6.45) is 3.56. The lowest BCUT2D eigenvalue weighted by molar-refractivity contribution is -0.601. The summed E-state index contributed by atoms with van der Waals surface area (Å²) in [6.45, 7) is 17.3. The first kappa shape index (κ1) is 21.5. The molecule has 0 spiro atoms. The average Bonchev–Trinajstić information content (AvgIpc) is 2.74. The molecule has 3 rings (SSSR count). The summed E-state index contributed by atoms with van der Waals surface area (Å²) >= 11 is 0. The zero-order chi connectivity index (χ0) is 23.7. The van der Waals surface area contributed by atoms with E-state index < -0.39 is 0 Å². The molecule has 1 aromatic heterocycles. The van der Waals surface area contributed by atoms with E-state index in [-0.39, 0.29) is 23.4 Å². The number of aromatic nitrogens is 2. The summed E-state index contributed by atoms with van der Waals surface area (Å²) < 4.78 is 12.3. The van der Waals surface area contributed by atoms with Crippen LogP contribution in [0.25, 0.3) is 11.4 Å². The molecule has 0 aliphatic carbocycles. The van der Waals surface area contributed by atoms with Gasteiger partial charge in [0.05, 0.1) is 7.41 Å². The highest BCUT2D eigenvalue weighted by Gasteiger charge is 2.24. The lowest BCUT2D eigenvalue weighted by atomic mass is 9.92. The SMILES string of the molecule is [2H]c1c[n+](-c2c(C(C)C)cccc2C(C)C)cn(-c2c(C(C)C)cccc2C(C)C)c1=O. The second-order valence-corrected chi connectivity index (χ2v) is 9.66. The zero-order valence-corrected chi connectivity index (χ0v) is 20.2. The van der Waals surface area contributed by atoms with Crippen molar-refractivity contribution in [1.29, 1.82) is 0 Å². The molecule has 0 amide bonds. The van der Waals surface area contributed by atoms with Crippen LogP contribution < -0.4 is 10.1 Å². The molecule has 3 aromatic rings. The molecule has 0 radical (unpaired) electrons. The number of nitrogens with zero attached hydrogens (tertiary/aromatic N) is 2. The van der Waals surface area contributed by atoms with Crippen LogP contribution in [0.5, 0.6) is 0 Å². The number of rotatable bonds is 6. The Morgan fingerprint density at radius 2 is 1.16 bits per heavy atom. The monoisotopic (exact) mass is 418 g/mol. The first-order valence-corrected chi connectivity index (χ1v) is 11.4. The Balaban J connectivity index is 2.44. The minimum atomic E-state index is -0.288. The molecule has 0 aliphatic rings. The van der Waals surface area contributed by atoms with Gasteiger partial charge in [-0.3, -0.25) is 0 Å². The molecule has 0 bridgehead atoms. The van der Waals surface area contributed by atoms with Crippen LogP contribution in [0, 0.1) is 0 Å². The van der Waals surface area contributed by atoms with E-state index in [0.29, 0.717) is 11.8 Å². The van der Waals surface area contributed by atoms with Crippen molar-refractivity contribution in [3.63, 3.8) is 0 Å². The molecule has 0 atom stereocenters. The van der Waals surface area contributed by atoms with E-state index in [1.807, 2.05) is 10.9 Å². The Hall–Kier alpha value is -2.68. The third-order valence-corrected chi connectivity index (χ3v) is 5.97. The summed E-state index contributed by atoms with van der Waals surface area (Å²) in [4.78, 5) is 13.3. The van der Waals surface area contributed by atoms with Gasteiger partial charge in [0.25, 0.3) is 6.33 Å². The van der Waals surface area contributed by atoms with Crippen LogP contribution in [0.3, 0.4) is 0 Å². The van der Waals surface area contributed by atoms with Gasteiger partial charge in [-0.25, -0.2) is 9.36 Å². The van der Waals surface area contributed by atoms with Crippen LogP contribution in [0.15, 0.2) is 59.8 Å². The fourth-order valence-corrected chi connectivity index (χ4v) is 4.29. The van der Waals surface area contributed by atoms with Gasteiger partial charge in [-0.05, 0) is 23.7 Å². The van der Waals surface area contributed by atoms with Gasteiger partial charge in [0, 0.05) is 22.3 Å². The molecule has 0 N–H and O–H groups in total. The van der Waals surface area contributed by atoms with Crippen molar-refractivity contribution >= 4 is 0 Å². The molecule has 2 aromatic carbocycles. The minimum absolute atomic E-state index is 0.00553. The van der Waals surface area contributed by atoms with E-state index >= 15 is 0 Å². The third-order valence-electron chi connectivity index (χ3n) is 5.97. The first-order chi connectivity index (χ1) is 15.0. The predicted molar refractivity (Wildman–Crippen MR) is 130 cm³/mol. The number of benzene rings is 2. The molecule has 0 saturated heterocycles. The smallest absolute Gasteiger partial charge is 0.241 e. The van der Waals surface area contributed by atoms with Crippen LogP contribution in [0.4, 0.5) is 0 Å². The van der Waals surface area contributed by atoms with Gasteiger partial charge in [0.1, 0.15) is 17.6 Å². The molecule has 3 nitrogen and oxygen atoms in total. The van der Waals surface area contributed by atoms with Crippen molar-refractivity contribution < 1.29 is 5.94 Å². The highest BCUT2D eigenvalue weighted by Crippen LogP contribution is 2.31. The van der Waals surface area contributed by atoms with Crippen molar-refractivity contribution in [2.45, 2.75) is 79.1 Å². The molecular formula is C28H37N2O+. The summed E-state index contributed by atoms with van der Waals surface area (Å²) in [5.41, 5.74) is 6.38. The second kappa shape index (κ2) is 9.21. The maximum atomic E-state index is 13.3. The minimum Gasteiger partial charge on any atom is -0.241 e. The lowest BCUT2D eigenvalue weighted by Gasteiger charge is -2.19. The van der Waals surface area contributed by atoms with E-state index in [9.17, 15) is 4.79 Å². The van der Waals surface area contributed by atoms with Gasteiger partial charge in [0.15, 0.2) is 0 Å². The molecule has 0 aliphatic heterocycles. The van der Waals surface area contributed by atoms with Crippen LogP contribution in [0.2, 0.25) is 0 Å². The Morgan fingerprint density at radius 3 is 1.58 bits per heavy atom. The molecule has 164 valence electrons. The van der Waals surface area contributed by atoms with Gasteiger partial charge < -0.3 is 0 Å². The van der Waals surface area contributed by atoms with Crippen molar-refractivity contribution in [2.24, 2.45) is 0 Å². The second-order valence-electron chi connectivity index (χ2n) is 9.66. The van der Waals surface area contributed by atoms with Gasteiger partial charge in [-0.2, -0.15) is 4.57 Å². The fourth-order valence-electron chi connectivity index (χ4n) is 4.29. The van der Waals surface area contributed by atoms with Gasteiger partial charge in [-0.1, -0.05) is 91.8 Å². The van der Waals surface area contributed by atoms with Crippen LogP contribution in [0.1, 0.15) is 103 Å². The molecule has 0 fully saturated rings. The van der Waals surface area contributed by atoms with E-state index in [2.05, 4.69) is 91.8 Å². The van der Waals surface area contributed by atoms with Crippen molar-refractivity contribution in [3.05, 3.63) is 87.6 Å². The normalized spacial score (nSPS) is 12.3. The van der Waals surface area contributed by atoms with Crippen LogP contribution >= 0.6 is 0 Å². The summed E-state index contributed by atoms with van der Waals surface area (Å²) in [5.74, 6) is 1.15. The molecule has 0 saturated carbocycles. The maximum Gasteiger partial charge on any atom is 0.342 e. The first-order valence-electron chi connectivity index (χ1n) is 11.9. The highest BCUT2D eigenvalue weighted by molar-refractivity contribution is 5.51. The predicted octanol–water partition coefficient (Wildman–Crippen LogP) is 6.61. The van der Waals surface area contributed by atoms with Gasteiger partial charge >= 0.3 is 5.56 Å². The Labute approximate surface area is 188 Å². The van der Waals surface area contributed by atoms with Crippen molar-refractivity contribution in [1.82, 2.24) is 4.57 Å². The van der Waals surface area contributed by atoms with Gasteiger partial charge in [0.2, 0.25) is 0 Å². The Bertz CT molecular complexity index is 1120. The molecule has 1 heterocycles. The molecule has 3 heteroatoms. The number of para-hydroxylation sites is 2. The highest BCUT2D eigenvalue weighted by atomic mass is 16.1. The third kappa shape index (κ3) is 4.51. The lowest BCUT2D eigenvalue weighted by Crippen LogP contribution is -2.39. The maximum absolute atomic E-state index is 13.3. The Kier molecular flexibility index (Phi) is 6.41. The van der Waals surface area contributed by atoms with Crippen LogP contribution in [-0.4, -0.2) is 4.57 Å². The molecule has 0 unspecified atom stereocenters. The van der Waals surface area contributed by atoms with E-state index in [1.54, 1.807) is 10.8 Å². The largest absolute Gasteiger partial charge is 0.342 e. The summed E-state index contributed by atoms with van der Waals surface area (Å²) in [6, 6.07) is 12.7. The summed E-state index contributed by atoms with van der Waals surface area (Å²) in [5, 5.41) is 0. The number of hydrogen-bond acceptors (Lipinski definition) is 1. The zero-order valence-electron chi connectivity index (χ0n) is 21.2. The molecular weight excluding hydrogens is 380 g/mol. The standard InChI is InChI=1S/C28H37N2O/c1-18(2)22-11-9-12-23(19(3)4)27(22)29-16-15-26(31)30(17-29)28-24(20(5)6)13-10-14-25(28)21(7)8/h9-21H,1-8H3/q+1/i15D. The van der Waals surface area contributed by atoms with E-state index in [1.165, 1.54) is 11.1 Å². The van der Waals surface area contributed by atoms with E-state index in [4.69, 9.17) is 1.37 Å². The van der Waals surface area contributed by atoms with Crippen molar-refractivity contribution in [3.8, 4) is 11.4 Å². The molecule has 31 heavy (non-hydrogen) atoms. The van der Waals surface area contributed by atoms with Gasteiger partial charge in [-0.15, -0.1) is 0 Å². The fraction of sp³-hybridized carbons (Fsp3) is 0.429. The number of hydrogen-bond donors (Lipinski definition) is 0. The van der Waals surface area contributed by atoms with E-state index in [0.717, 1.165) is 22.5 Å².